The highest BCUT2D eigenvalue weighted by molar-refractivity contribution is 14.0. The first-order chi connectivity index (χ1) is 15.8. The zero-order valence-electron chi connectivity index (χ0n) is 19.8. The number of likely N-dealkylation sites (tertiary alicyclic amines) is 1. The molecule has 2 N–H and O–H groups in total. The number of halogens is 1. The molecule has 1 aliphatic heterocycles. The van der Waals surface area contributed by atoms with Crippen molar-refractivity contribution in [1.29, 1.82) is 0 Å². The smallest absolute Gasteiger partial charge is 0.190 e. The number of guanidine groups is 1. The summed E-state index contributed by atoms with van der Waals surface area (Å²) >= 11 is 0. The molecule has 2 fully saturated rings. The van der Waals surface area contributed by atoms with Crippen LogP contribution < -0.4 is 10.6 Å². The number of nitrogens with zero attached hydrogens (tertiary/aromatic N) is 2. The lowest BCUT2D eigenvalue weighted by atomic mass is 10.1. The fraction of sp³-hybridized carbons (Fsp3) is 0.519. The van der Waals surface area contributed by atoms with Crippen LogP contribution in [0, 0.1) is 5.92 Å². The number of piperidine rings is 1. The molecule has 1 saturated carbocycles. The Balaban J connectivity index is 0.00000306. The molecule has 5 nitrogen and oxygen atoms in total. The van der Waals surface area contributed by atoms with Gasteiger partial charge in [0.2, 0.25) is 0 Å². The predicted octanol–water partition coefficient (Wildman–Crippen LogP) is 4.64. The van der Waals surface area contributed by atoms with Gasteiger partial charge < -0.3 is 15.4 Å². The molecule has 0 spiro atoms. The molecule has 0 bridgehead atoms. The molecule has 2 unspecified atom stereocenters. The van der Waals surface area contributed by atoms with Crippen LogP contribution >= 0.6 is 24.0 Å². The Morgan fingerprint density at radius 1 is 1.00 bits per heavy atom. The monoisotopic (exact) mass is 562 g/mol. The molecule has 2 aromatic carbocycles. The quantitative estimate of drug-likeness (QED) is 0.192. The summed E-state index contributed by atoms with van der Waals surface area (Å²) in [5.74, 6) is 2.32. The van der Waals surface area contributed by atoms with Gasteiger partial charge in [-0.3, -0.25) is 9.89 Å². The van der Waals surface area contributed by atoms with Gasteiger partial charge in [-0.2, -0.15) is 0 Å². The van der Waals surface area contributed by atoms with Crippen LogP contribution in [0.25, 0.3) is 0 Å². The van der Waals surface area contributed by atoms with Crippen molar-refractivity contribution in [3.05, 3.63) is 71.8 Å². The van der Waals surface area contributed by atoms with E-state index in [1.54, 1.807) is 0 Å². The van der Waals surface area contributed by atoms with E-state index in [-0.39, 0.29) is 24.0 Å². The van der Waals surface area contributed by atoms with Gasteiger partial charge in [-0.1, -0.05) is 60.7 Å². The summed E-state index contributed by atoms with van der Waals surface area (Å²) in [6, 6.07) is 21.6. The first-order valence-electron chi connectivity index (χ1n) is 12.2. The topological polar surface area (TPSA) is 48.9 Å². The minimum Gasteiger partial charge on any atom is -0.378 e. The Morgan fingerprint density at radius 2 is 1.70 bits per heavy atom. The van der Waals surface area contributed by atoms with Gasteiger partial charge in [-0.25, -0.2) is 0 Å². The van der Waals surface area contributed by atoms with Gasteiger partial charge >= 0.3 is 0 Å². The second-order valence-corrected chi connectivity index (χ2v) is 9.08. The minimum absolute atomic E-state index is 0. The van der Waals surface area contributed by atoms with E-state index in [1.807, 2.05) is 7.05 Å². The molecule has 6 heteroatoms. The van der Waals surface area contributed by atoms with Gasteiger partial charge in [-0.05, 0) is 48.6 Å². The molecule has 0 radical (unpaired) electrons. The molecule has 2 atom stereocenters. The molecular formula is C27H39IN4O. The molecule has 1 aliphatic carbocycles. The number of hydrogen-bond donors (Lipinski definition) is 2. The molecule has 0 aromatic heterocycles. The van der Waals surface area contributed by atoms with Gasteiger partial charge in [0.25, 0.3) is 0 Å². The molecule has 1 saturated heterocycles. The predicted molar refractivity (Wildman–Crippen MR) is 147 cm³/mol. The summed E-state index contributed by atoms with van der Waals surface area (Å²) in [6.45, 7) is 5.98. The van der Waals surface area contributed by atoms with Crippen molar-refractivity contribution in [3.63, 3.8) is 0 Å². The highest BCUT2D eigenvalue weighted by atomic mass is 127. The van der Waals surface area contributed by atoms with E-state index in [0.717, 1.165) is 64.6 Å². The maximum atomic E-state index is 6.14. The first kappa shape index (κ1) is 26.0. The number of nitrogens with one attached hydrogen (secondary N) is 2. The van der Waals surface area contributed by atoms with Crippen molar-refractivity contribution in [3.8, 4) is 0 Å². The second-order valence-electron chi connectivity index (χ2n) is 9.08. The van der Waals surface area contributed by atoms with E-state index in [0.29, 0.717) is 17.9 Å². The molecule has 180 valence electrons. The van der Waals surface area contributed by atoms with Gasteiger partial charge in [0, 0.05) is 46.4 Å². The van der Waals surface area contributed by atoms with Crippen LogP contribution in [0.15, 0.2) is 65.7 Å². The zero-order chi connectivity index (χ0) is 22.0. The normalized spacial score (nSPS) is 21.3. The number of hydrogen-bond acceptors (Lipinski definition) is 3. The van der Waals surface area contributed by atoms with Crippen LogP contribution in [0.3, 0.4) is 0 Å². The van der Waals surface area contributed by atoms with Gasteiger partial charge in [0.1, 0.15) is 0 Å². The Hall–Kier alpha value is -1.64. The lowest BCUT2D eigenvalue weighted by Gasteiger charge is -2.32. The molecular weight excluding hydrogens is 523 g/mol. The molecule has 1 heterocycles. The minimum atomic E-state index is 0. The Bertz CT molecular complexity index is 825. The largest absolute Gasteiger partial charge is 0.378 e. The highest BCUT2D eigenvalue weighted by Gasteiger charge is 2.37. The highest BCUT2D eigenvalue weighted by Crippen LogP contribution is 2.46. The number of ether oxygens (including phenoxy) is 1. The summed E-state index contributed by atoms with van der Waals surface area (Å²) in [5.41, 5.74) is 2.86. The van der Waals surface area contributed by atoms with Crippen molar-refractivity contribution >= 4 is 29.9 Å². The molecule has 2 aliphatic rings. The van der Waals surface area contributed by atoms with Crippen molar-refractivity contribution in [2.45, 2.75) is 44.2 Å². The average molecular weight is 563 g/mol. The maximum Gasteiger partial charge on any atom is 0.190 e. The van der Waals surface area contributed by atoms with Crippen molar-refractivity contribution in [2.75, 3.05) is 39.8 Å². The van der Waals surface area contributed by atoms with E-state index < -0.39 is 0 Å². The third kappa shape index (κ3) is 8.58. The van der Waals surface area contributed by atoms with E-state index in [9.17, 15) is 0 Å². The van der Waals surface area contributed by atoms with Gasteiger partial charge in [-0.15, -0.1) is 24.0 Å². The summed E-state index contributed by atoms with van der Waals surface area (Å²) in [7, 11) is 1.84. The van der Waals surface area contributed by atoms with E-state index >= 15 is 0 Å². The summed E-state index contributed by atoms with van der Waals surface area (Å²) in [4.78, 5) is 6.90. The van der Waals surface area contributed by atoms with E-state index in [1.165, 1.54) is 17.5 Å². The van der Waals surface area contributed by atoms with E-state index in [2.05, 4.69) is 81.2 Å². The molecule has 4 rings (SSSR count). The van der Waals surface area contributed by atoms with Crippen molar-refractivity contribution in [2.24, 2.45) is 10.9 Å². The number of rotatable bonds is 10. The van der Waals surface area contributed by atoms with Crippen LogP contribution in [-0.4, -0.2) is 56.8 Å². The first-order valence-corrected chi connectivity index (χ1v) is 12.2. The summed E-state index contributed by atoms with van der Waals surface area (Å²) in [6.07, 6.45) is 4.94. The summed E-state index contributed by atoms with van der Waals surface area (Å²) < 4.78 is 6.14. The Kier molecular flexibility index (Phi) is 11.0. The SMILES string of the molecule is CN=C(NCCCOC1CCN(Cc2ccccc2)CC1)NCC1CC1c1ccccc1.I. The fourth-order valence-corrected chi connectivity index (χ4v) is 4.63. The fourth-order valence-electron chi connectivity index (χ4n) is 4.63. The Morgan fingerprint density at radius 3 is 2.39 bits per heavy atom. The number of benzene rings is 2. The van der Waals surface area contributed by atoms with Crippen LogP contribution in [0.1, 0.15) is 42.7 Å². The molecule has 2 aromatic rings. The lowest BCUT2D eigenvalue weighted by Crippen LogP contribution is -2.39. The Labute approximate surface area is 216 Å². The summed E-state index contributed by atoms with van der Waals surface area (Å²) in [5, 5.41) is 6.92. The standard InChI is InChI=1S/C27H38N4O.HI/c1-28-27(30-20-24-19-26(24)23-11-6-3-7-12-23)29-15-8-18-32-25-13-16-31(17-14-25)21-22-9-4-2-5-10-22;/h2-7,9-12,24-26H,8,13-21H2,1H3,(H2,28,29,30);1H. The second kappa shape index (κ2) is 13.9. The lowest BCUT2D eigenvalue weighted by molar-refractivity contribution is 0.00534. The van der Waals surface area contributed by atoms with Gasteiger partial charge in [0.05, 0.1) is 6.10 Å². The number of aliphatic imine (C=N–C) groups is 1. The van der Waals surface area contributed by atoms with Crippen LogP contribution in [0.4, 0.5) is 0 Å². The van der Waals surface area contributed by atoms with Crippen LogP contribution in [0.2, 0.25) is 0 Å². The van der Waals surface area contributed by atoms with Gasteiger partial charge in [0.15, 0.2) is 5.96 Å². The van der Waals surface area contributed by atoms with Crippen molar-refractivity contribution < 1.29 is 4.74 Å². The average Bonchev–Trinajstić information content (AvgIpc) is 3.63. The molecule has 33 heavy (non-hydrogen) atoms. The molecule has 0 amide bonds. The van der Waals surface area contributed by atoms with Crippen LogP contribution in [0.5, 0.6) is 0 Å². The zero-order valence-corrected chi connectivity index (χ0v) is 22.1. The third-order valence-electron chi connectivity index (χ3n) is 6.66. The maximum absolute atomic E-state index is 6.14. The van der Waals surface area contributed by atoms with Crippen LogP contribution in [-0.2, 0) is 11.3 Å². The van der Waals surface area contributed by atoms with E-state index in [4.69, 9.17) is 4.74 Å². The van der Waals surface area contributed by atoms with Crippen molar-refractivity contribution in [1.82, 2.24) is 15.5 Å². The third-order valence-corrected chi connectivity index (χ3v) is 6.66.